The number of aliphatic hydroxyl groups is 1. The lowest BCUT2D eigenvalue weighted by molar-refractivity contribution is -0.0979. The summed E-state index contributed by atoms with van der Waals surface area (Å²) in [5, 5.41) is 9.16. The Morgan fingerprint density at radius 1 is 0.800 bits per heavy atom. The Morgan fingerprint density at radius 3 is 1.60 bits per heavy atom. The molecule has 0 fully saturated rings. The number of allylic oxidation sites excluding steroid dienone is 2. The van der Waals surface area contributed by atoms with Crippen LogP contribution in [0.3, 0.4) is 0 Å². The Balaban J connectivity index is -0.000000452. The van der Waals surface area contributed by atoms with E-state index in [9.17, 15) is 0 Å². The van der Waals surface area contributed by atoms with Crippen molar-refractivity contribution in [1.29, 1.82) is 0 Å². The maximum absolute atomic E-state index is 9.16. The molecule has 0 spiro atoms. The molecule has 0 aliphatic carbocycles. The Hall–Kier alpha value is -0.890. The standard InChI is InChI=1S/C14H28O.C13H26.CH2O/c1-5-8-13(6-2)9-7-10-14(11-15)12(3)4;1-5-9-13(6-2)11-8-7-10-12(3)4;1-2/h13-15H,3,5-11H2,1-2,4H3;10,13H,5-9,11H2,1-4H3;1H2. The van der Waals surface area contributed by atoms with Crippen molar-refractivity contribution in [3.05, 3.63) is 23.8 Å². The van der Waals surface area contributed by atoms with Crippen LogP contribution in [-0.4, -0.2) is 18.5 Å². The lowest BCUT2D eigenvalue weighted by atomic mass is 9.90. The molecule has 0 radical (unpaired) electrons. The number of hydrogen-bond acceptors (Lipinski definition) is 2. The van der Waals surface area contributed by atoms with Gasteiger partial charge >= 0.3 is 0 Å². The summed E-state index contributed by atoms with van der Waals surface area (Å²) in [5.74, 6) is 2.19. The van der Waals surface area contributed by atoms with E-state index in [-0.39, 0.29) is 6.61 Å². The maximum atomic E-state index is 9.16. The van der Waals surface area contributed by atoms with Crippen LogP contribution in [0.25, 0.3) is 0 Å². The van der Waals surface area contributed by atoms with Crippen molar-refractivity contribution in [2.45, 2.75) is 126 Å². The molecule has 180 valence electrons. The molecule has 0 aromatic heterocycles. The molecule has 1 N–H and O–H groups in total. The third-order valence-corrected chi connectivity index (χ3v) is 6.00. The summed E-state index contributed by atoms with van der Waals surface area (Å²) >= 11 is 0. The number of carbonyl (C=O) groups is 1. The first-order chi connectivity index (χ1) is 14.4. The molecule has 2 nitrogen and oxygen atoms in total. The summed E-state index contributed by atoms with van der Waals surface area (Å²) in [6, 6.07) is 0. The van der Waals surface area contributed by atoms with Gasteiger partial charge in [0.2, 0.25) is 0 Å². The van der Waals surface area contributed by atoms with Crippen LogP contribution in [-0.2, 0) is 4.79 Å². The van der Waals surface area contributed by atoms with Gasteiger partial charge in [-0.25, -0.2) is 0 Å². The Kier molecular flexibility index (Phi) is 29.4. The largest absolute Gasteiger partial charge is 0.396 e. The summed E-state index contributed by atoms with van der Waals surface area (Å²) in [4.78, 5) is 8.00. The molecule has 3 atom stereocenters. The zero-order chi connectivity index (χ0) is 23.8. The van der Waals surface area contributed by atoms with Crippen molar-refractivity contribution >= 4 is 6.79 Å². The van der Waals surface area contributed by atoms with E-state index in [1.54, 1.807) is 0 Å². The number of hydrogen-bond donors (Lipinski definition) is 1. The second kappa shape index (κ2) is 26.1. The van der Waals surface area contributed by atoms with Crippen molar-refractivity contribution in [2.75, 3.05) is 6.61 Å². The molecule has 0 amide bonds. The molecular formula is C28H56O2. The number of unbranched alkanes of at least 4 members (excludes halogenated alkanes) is 1. The highest BCUT2D eigenvalue weighted by molar-refractivity contribution is 5.11. The van der Waals surface area contributed by atoms with Crippen LogP contribution in [0.4, 0.5) is 0 Å². The summed E-state index contributed by atoms with van der Waals surface area (Å²) < 4.78 is 0. The smallest absolute Gasteiger partial charge is 0.106 e. The molecular weight excluding hydrogens is 368 g/mol. The highest BCUT2D eigenvalue weighted by atomic mass is 16.3. The van der Waals surface area contributed by atoms with Gasteiger partial charge < -0.3 is 9.90 Å². The minimum atomic E-state index is 0.264. The van der Waals surface area contributed by atoms with Crippen molar-refractivity contribution in [2.24, 2.45) is 17.8 Å². The number of carbonyl (C=O) groups excluding carboxylic acids is 1. The van der Waals surface area contributed by atoms with Crippen molar-refractivity contribution in [1.82, 2.24) is 0 Å². The van der Waals surface area contributed by atoms with Gasteiger partial charge in [-0.15, -0.1) is 0 Å². The van der Waals surface area contributed by atoms with Gasteiger partial charge in [-0.3, -0.25) is 0 Å². The number of aliphatic hydroxyl groups excluding tert-OH is 1. The third kappa shape index (κ3) is 23.4. The van der Waals surface area contributed by atoms with E-state index in [1.807, 2.05) is 13.7 Å². The van der Waals surface area contributed by atoms with Crippen LogP contribution in [0.5, 0.6) is 0 Å². The molecule has 0 aliphatic rings. The van der Waals surface area contributed by atoms with Gasteiger partial charge in [-0.05, 0) is 51.9 Å². The lowest BCUT2D eigenvalue weighted by Crippen LogP contribution is -2.08. The molecule has 0 aromatic rings. The van der Waals surface area contributed by atoms with Crippen LogP contribution in [0.1, 0.15) is 126 Å². The van der Waals surface area contributed by atoms with E-state index in [4.69, 9.17) is 9.90 Å². The third-order valence-electron chi connectivity index (χ3n) is 6.00. The van der Waals surface area contributed by atoms with Gasteiger partial charge in [0.15, 0.2) is 0 Å². The van der Waals surface area contributed by atoms with Crippen molar-refractivity contribution in [3.63, 3.8) is 0 Å². The summed E-state index contributed by atoms with van der Waals surface area (Å²) in [5.41, 5.74) is 2.59. The molecule has 0 heterocycles. The van der Waals surface area contributed by atoms with Gasteiger partial charge in [0, 0.05) is 12.5 Å². The Bertz CT molecular complexity index is 382. The maximum Gasteiger partial charge on any atom is 0.106 e. The molecule has 30 heavy (non-hydrogen) atoms. The fourth-order valence-electron chi connectivity index (χ4n) is 3.87. The van der Waals surface area contributed by atoms with E-state index in [0.717, 1.165) is 23.8 Å². The van der Waals surface area contributed by atoms with Crippen LogP contribution in [0.15, 0.2) is 23.8 Å². The Labute approximate surface area is 190 Å². The zero-order valence-electron chi connectivity index (χ0n) is 21.8. The van der Waals surface area contributed by atoms with Gasteiger partial charge in [0.25, 0.3) is 0 Å². The SMILES string of the molecule is C=C(C)C(CO)CCCC(CC)CCC.C=O.CCCC(CC)CCCC=C(C)C. The van der Waals surface area contributed by atoms with Crippen molar-refractivity contribution in [3.8, 4) is 0 Å². The van der Waals surface area contributed by atoms with Crippen LogP contribution >= 0.6 is 0 Å². The van der Waals surface area contributed by atoms with Crippen LogP contribution in [0, 0.1) is 17.8 Å². The highest BCUT2D eigenvalue weighted by Crippen LogP contribution is 2.22. The molecule has 0 aromatic carbocycles. The normalized spacial score (nSPS) is 13.1. The summed E-state index contributed by atoms with van der Waals surface area (Å²) in [6.07, 6.45) is 18.2. The average Bonchev–Trinajstić information content (AvgIpc) is 2.74. The fraction of sp³-hybridized carbons (Fsp3) is 0.821. The van der Waals surface area contributed by atoms with Gasteiger partial charge in [0.1, 0.15) is 6.79 Å². The summed E-state index contributed by atoms with van der Waals surface area (Å²) in [6.45, 7) is 21.7. The van der Waals surface area contributed by atoms with E-state index in [1.165, 1.54) is 76.2 Å². The van der Waals surface area contributed by atoms with Crippen LogP contribution in [0.2, 0.25) is 0 Å². The van der Waals surface area contributed by atoms with E-state index in [0.29, 0.717) is 5.92 Å². The van der Waals surface area contributed by atoms with Gasteiger partial charge in [-0.2, -0.15) is 0 Å². The predicted molar refractivity (Wildman–Crippen MR) is 137 cm³/mol. The first-order valence-corrected chi connectivity index (χ1v) is 12.5. The minimum absolute atomic E-state index is 0.264. The molecule has 0 saturated heterocycles. The lowest BCUT2D eigenvalue weighted by Gasteiger charge is -2.17. The quantitative estimate of drug-likeness (QED) is 0.198. The van der Waals surface area contributed by atoms with Gasteiger partial charge in [0.05, 0.1) is 0 Å². The van der Waals surface area contributed by atoms with Crippen molar-refractivity contribution < 1.29 is 9.90 Å². The molecule has 0 saturated carbocycles. The van der Waals surface area contributed by atoms with E-state index < -0.39 is 0 Å². The second-order valence-electron chi connectivity index (χ2n) is 9.00. The fourth-order valence-corrected chi connectivity index (χ4v) is 3.87. The van der Waals surface area contributed by atoms with E-state index in [2.05, 4.69) is 54.2 Å². The highest BCUT2D eigenvalue weighted by Gasteiger charge is 2.10. The average molecular weight is 425 g/mol. The predicted octanol–water partition coefficient (Wildman–Crippen LogP) is 8.93. The van der Waals surface area contributed by atoms with E-state index >= 15 is 0 Å². The first kappa shape index (κ1) is 33.7. The molecule has 2 heteroatoms. The van der Waals surface area contributed by atoms with Crippen LogP contribution < -0.4 is 0 Å². The molecule has 0 rings (SSSR count). The second-order valence-corrected chi connectivity index (χ2v) is 9.00. The number of rotatable bonds is 16. The molecule has 3 unspecified atom stereocenters. The van der Waals surface area contributed by atoms with Gasteiger partial charge in [-0.1, -0.05) is 109 Å². The molecule has 0 aliphatic heterocycles. The monoisotopic (exact) mass is 424 g/mol. The first-order valence-electron chi connectivity index (χ1n) is 12.5. The summed E-state index contributed by atoms with van der Waals surface area (Å²) in [7, 11) is 0. The Morgan fingerprint density at radius 2 is 1.27 bits per heavy atom. The zero-order valence-corrected chi connectivity index (χ0v) is 21.8. The minimum Gasteiger partial charge on any atom is -0.396 e. The topological polar surface area (TPSA) is 37.3 Å². The molecule has 0 bridgehead atoms.